The molecule has 23 heavy (non-hydrogen) atoms. The second kappa shape index (κ2) is 6.48. The van der Waals surface area contributed by atoms with Crippen molar-refractivity contribution in [2.24, 2.45) is 0 Å². The van der Waals surface area contributed by atoms with Crippen molar-refractivity contribution in [1.82, 2.24) is 10.3 Å². The zero-order valence-electron chi connectivity index (χ0n) is 13.1. The highest BCUT2D eigenvalue weighted by Gasteiger charge is 2.14. The van der Waals surface area contributed by atoms with Gasteiger partial charge in [-0.15, -0.1) is 0 Å². The molecule has 0 fully saturated rings. The molecule has 0 bridgehead atoms. The molecule has 1 amide bonds. The maximum atomic E-state index is 12.5. The topological polar surface area (TPSA) is 51.2 Å². The summed E-state index contributed by atoms with van der Waals surface area (Å²) in [5, 5.41) is 3.91. The zero-order valence-corrected chi connectivity index (χ0v) is 13.1. The van der Waals surface area contributed by atoms with Gasteiger partial charge in [0.1, 0.15) is 17.0 Å². The van der Waals surface area contributed by atoms with E-state index in [1.165, 1.54) is 0 Å². The molecule has 0 unspecified atom stereocenters. The number of carbonyl (C=O) groups excluding carboxylic acids is 1. The number of aromatic nitrogens is 1. The van der Waals surface area contributed by atoms with Crippen LogP contribution in [0.5, 0.6) is 5.75 Å². The van der Waals surface area contributed by atoms with E-state index in [-0.39, 0.29) is 11.9 Å². The lowest BCUT2D eigenvalue weighted by Crippen LogP contribution is -2.27. The number of nitrogens with one attached hydrogen (secondary N) is 1. The highest BCUT2D eigenvalue weighted by atomic mass is 16.5. The van der Waals surface area contributed by atoms with Crippen LogP contribution in [0.2, 0.25) is 0 Å². The Kier molecular flexibility index (Phi) is 4.24. The number of carbonyl (C=O) groups is 1. The first-order chi connectivity index (χ1) is 11.2. The minimum atomic E-state index is -0.200. The fourth-order valence-corrected chi connectivity index (χ4v) is 2.51. The van der Waals surface area contributed by atoms with Gasteiger partial charge < -0.3 is 10.1 Å². The van der Waals surface area contributed by atoms with E-state index in [0.29, 0.717) is 17.0 Å². The summed E-state index contributed by atoms with van der Waals surface area (Å²) in [4.78, 5) is 16.9. The Labute approximate surface area is 135 Å². The molecule has 0 saturated heterocycles. The number of hydrogen-bond donors (Lipinski definition) is 1. The largest absolute Gasteiger partial charge is 0.494 e. The van der Waals surface area contributed by atoms with Crippen LogP contribution >= 0.6 is 0 Å². The molecule has 1 aromatic heterocycles. The van der Waals surface area contributed by atoms with Crippen molar-refractivity contribution in [3.8, 4) is 5.75 Å². The monoisotopic (exact) mass is 306 g/mol. The summed E-state index contributed by atoms with van der Waals surface area (Å²) >= 11 is 0. The second-order valence-electron chi connectivity index (χ2n) is 5.33. The molecule has 3 rings (SSSR count). The molecule has 1 atom stereocenters. The van der Waals surface area contributed by atoms with Crippen LogP contribution in [-0.2, 0) is 0 Å². The molecule has 0 aliphatic heterocycles. The van der Waals surface area contributed by atoms with E-state index in [9.17, 15) is 4.79 Å². The van der Waals surface area contributed by atoms with Crippen LogP contribution in [0.4, 0.5) is 0 Å². The molecule has 0 aliphatic carbocycles. The summed E-state index contributed by atoms with van der Waals surface area (Å²) in [6.45, 7) is 1.95. The van der Waals surface area contributed by atoms with Crippen LogP contribution in [0.25, 0.3) is 10.9 Å². The normalized spacial score (nSPS) is 11.9. The van der Waals surface area contributed by atoms with Crippen LogP contribution in [0.1, 0.15) is 29.0 Å². The Morgan fingerprint density at radius 3 is 2.57 bits per heavy atom. The van der Waals surface area contributed by atoms with Gasteiger partial charge in [0.15, 0.2) is 0 Å². The Bertz CT molecular complexity index is 831. The quantitative estimate of drug-likeness (QED) is 0.799. The predicted molar refractivity (Wildman–Crippen MR) is 90.6 cm³/mol. The molecule has 116 valence electrons. The first-order valence-electron chi connectivity index (χ1n) is 7.48. The Hall–Kier alpha value is -2.88. The molecular weight excluding hydrogens is 288 g/mol. The average molecular weight is 306 g/mol. The smallest absolute Gasteiger partial charge is 0.270 e. The van der Waals surface area contributed by atoms with Crippen molar-refractivity contribution in [2.75, 3.05) is 7.11 Å². The van der Waals surface area contributed by atoms with Gasteiger partial charge in [-0.2, -0.15) is 0 Å². The molecule has 0 spiro atoms. The van der Waals surface area contributed by atoms with Crippen molar-refractivity contribution >= 4 is 16.8 Å². The van der Waals surface area contributed by atoms with Gasteiger partial charge in [-0.3, -0.25) is 4.79 Å². The van der Waals surface area contributed by atoms with Crippen LogP contribution in [0.15, 0.2) is 60.7 Å². The van der Waals surface area contributed by atoms with E-state index in [1.807, 2.05) is 61.5 Å². The van der Waals surface area contributed by atoms with Gasteiger partial charge >= 0.3 is 0 Å². The first kappa shape index (κ1) is 15.0. The van der Waals surface area contributed by atoms with Gasteiger partial charge in [-0.05, 0) is 24.6 Å². The summed E-state index contributed by atoms with van der Waals surface area (Å²) in [5.41, 5.74) is 2.12. The maximum absolute atomic E-state index is 12.5. The maximum Gasteiger partial charge on any atom is 0.270 e. The number of methoxy groups -OCH3 is 1. The average Bonchev–Trinajstić information content (AvgIpc) is 2.61. The molecule has 0 aliphatic rings. The molecule has 3 aromatic rings. The number of nitrogens with zero attached hydrogens (tertiary/aromatic N) is 1. The van der Waals surface area contributed by atoms with E-state index in [0.717, 1.165) is 10.9 Å². The number of rotatable bonds is 4. The number of amides is 1. The molecule has 1 heterocycles. The lowest BCUT2D eigenvalue weighted by Gasteiger charge is -2.14. The summed E-state index contributed by atoms with van der Waals surface area (Å²) in [5.74, 6) is 0.461. The lowest BCUT2D eigenvalue weighted by atomic mass is 10.1. The van der Waals surface area contributed by atoms with E-state index >= 15 is 0 Å². The minimum Gasteiger partial charge on any atom is -0.494 e. The van der Waals surface area contributed by atoms with Crippen LogP contribution < -0.4 is 10.1 Å². The third kappa shape index (κ3) is 3.16. The fourth-order valence-electron chi connectivity index (χ4n) is 2.51. The van der Waals surface area contributed by atoms with Gasteiger partial charge in [-0.1, -0.05) is 48.5 Å². The van der Waals surface area contributed by atoms with Gasteiger partial charge in [0.25, 0.3) is 5.91 Å². The fraction of sp³-hybridized carbons (Fsp3) is 0.158. The Morgan fingerprint density at radius 1 is 1.04 bits per heavy atom. The molecule has 2 aromatic carbocycles. The van der Waals surface area contributed by atoms with E-state index in [4.69, 9.17) is 4.74 Å². The van der Waals surface area contributed by atoms with Crippen molar-refractivity contribution in [1.29, 1.82) is 0 Å². The van der Waals surface area contributed by atoms with Gasteiger partial charge in [0.05, 0.1) is 13.2 Å². The second-order valence-corrected chi connectivity index (χ2v) is 5.33. The number of hydrogen-bond acceptors (Lipinski definition) is 3. The Morgan fingerprint density at radius 2 is 1.83 bits per heavy atom. The van der Waals surface area contributed by atoms with Crippen molar-refractivity contribution in [3.05, 3.63) is 71.9 Å². The molecule has 4 nitrogen and oxygen atoms in total. The minimum absolute atomic E-state index is 0.0844. The molecule has 1 N–H and O–H groups in total. The first-order valence-corrected chi connectivity index (χ1v) is 7.48. The van der Waals surface area contributed by atoms with E-state index in [1.54, 1.807) is 13.2 Å². The van der Waals surface area contributed by atoms with Gasteiger partial charge in [-0.25, -0.2) is 4.98 Å². The SMILES string of the molecule is COc1cccc2ccc(C(=O)N[C@@H](C)c3ccccc3)nc12. The van der Waals surface area contributed by atoms with Crippen molar-refractivity contribution in [2.45, 2.75) is 13.0 Å². The Balaban J connectivity index is 1.86. The summed E-state index contributed by atoms with van der Waals surface area (Å²) < 4.78 is 5.32. The highest BCUT2D eigenvalue weighted by molar-refractivity contribution is 5.96. The van der Waals surface area contributed by atoms with E-state index < -0.39 is 0 Å². The summed E-state index contributed by atoms with van der Waals surface area (Å²) in [7, 11) is 1.60. The number of pyridine rings is 1. The highest BCUT2D eigenvalue weighted by Crippen LogP contribution is 2.23. The number of benzene rings is 2. The third-order valence-electron chi connectivity index (χ3n) is 3.78. The van der Waals surface area contributed by atoms with Crippen molar-refractivity contribution in [3.63, 3.8) is 0 Å². The molecule has 4 heteroatoms. The van der Waals surface area contributed by atoms with E-state index in [2.05, 4.69) is 10.3 Å². The predicted octanol–water partition coefficient (Wildman–Crippen LogP) is 3.73. The van der Waals surface area contributed by atoms with Gasteiger partial charge in [0, 0.05) is 5.39 Å². The zero-order chi connectivity index (χ0) is 16.2. The van der Waals surface area contributed by atoms with Crippen LogP contribution in [0, 0.1) is 0 Å². The molecule has 0 saturated carbocycles. The molecular formula is C19H18N2O2. The van der Waals surface area contributed by atoms with Crippen molar-refractivity contribution < 1.29 is 9.53 Å². The van der Waals surface area contributed by atoms with Gasteiger partial charge in [0.2, 0.25) is 0 Å². The summed E-state index contributed by atoms with van der Waals surface area (Å²) in [6, 6.07) is 19.1. The number of fused-ring (bicyclic) bond motifs is 1. The summed E-state index contributed by atoms with van der Waals surface area (Å²) in [6.07, 6.45) is 0. The van der Waals surface area contributed by atoms with Crippen LogP contribution in [-0.4, -0.2) is 18.0 Å². The van der Waals surface area contributed by atoms with Crippen LogP contribution in [0.3, 0.4) is 0 Å². The lowest BCUT2D eigenvalue weighted by molar-refractivity contribution is 0.0935. The number of ether oxygens (including phenoxy) is 1. The molecule has 0 radical (unpaired) electrons. The number of para-hydroxylation sites is 1. The third-order valence-corrected chi connectivity index (χ3v) is 3.78. The standard InChI is InChI=1S/C19H18N2O2/c1-13(14-7-4-3-5-8-14)20-19(22)16-12-11-15-9-6-10-17(23-2)18(15)21-16/h3-13H,1-2H3,(H,20,22)/t13-/m0/s1.